The molecule has 0 rings (SSSR count). The summed E-state index contributed by atoms with van der Waals surface area (Å²) in [5.41, 5.74) is 10.0. The van der Waals surface area contributed by atoms with Crippen LogP contribution in [-0.2, 0) is 0 Å². The smallest absolute Gasteiger partial charge is 0.321 e. The van der Waals surface area contributed by atoms with Crippen LogP contribution in [-0.4, -0.2) is 23.4 Å². The van der Waals surface area contributed by atoms with Crippen LogP contribution >= 0.6 is 0 Å². The van der Waals surface area contributed by atoms with Crippen LogP contribution in [0.2, 0.25) is 0 Å². The number of primary amides is 1. The van der Waals surface area contributed by atoms with E-state index in [1.807, 2.05) is 6.92 Å². The van der Waals surface area contributed by atoms with Crippen LogP contribution in [0.4, 0.5) is 4.79 Å². The largest absolute Gasteiger partial charge is 0.370 e. The second kappa shape index (κ2) is 4.54. The van der Waals surface area contributed by atoms with Crippen LogP contribution < -0.4 is 11.5 Å². The van der Waals surface area contributed by atoms with E-state index < -0.39 is 6.03 Å². The fourth-order valence-electron chi connectivity index (χ4n) is 0.666. The van der Waals surface area contributed by atoms with Gasteiger partial charge in [0.15, 0.2) is 5.96 Å². The molecule has 5 N–H and O–H groups in total. The van der Waals surface area contributed by atoms with E-state index in [0.29, 0.717) is 6.54 Å². The molecule has 0 saturated carbocycles. The van der Waals surface area contributed by atoms with Gasteiger partial charge in [-0.15, -0.1) is 0 Å². The predicted molar refractivity (Wildman–Crippen MR) is 43.1 cm³/mol. The van der Waals surface area contributed by atoms with E-state index in [1.54, 1.807) is 0 Å². The van der Waals surface area contributed by atoms with Crippen LogP contribution in [0, 0.1) is 5.41 Å². The van der Waals surface area contributed by atoms with Gasteiger partial charge in [0.1, 0.15) is 0 Å². The first-order valence-corrected chi connectivity index (χ1v) is 3.50. The number of nitrogens with zero attached hydrogens (tertiary/aromatic N) is 1. The minimum Gasteiger partial charge on any atom is -0.370 e. The molecule has 0 fully saturated rings. The van der Waals surface area contributed by atoms with Crippen molar-refractivity contribution in [3.05, 3.63) is 0 Å². The molecule has 0 spiro atoms. The molecule has 0 atom stereocenters. The Balaban J connectivity index is 3.90. The SMILES string of the molecule is CCCCN(C(=N)N)C(N)=O. The van der Waals surface area contributed by atoms with Crippen LogP contribution in [0.1, 0.15) is 19.8 Å². The molecule has 0 aromatic rings. The Morgan fingerprint density at radius 2 is 2.09 bits per heavy atom. The van der Waals surface area contributed by atoms with Crippen molar-refractivity contribution in [2.24, 2.45) is 11.5 Å². The molecule has 0 saturated heterocycles. The zero-order valence-electron chi connectivity index (χ0n) is 6.63. The third kappa shape index (κ3) is 3.44. The number of amides is 2. The number of rotatable bonds is 3. The van der Waals surface area contributed by atoms with Gasteiger partial charge in [-0.3, -0.25) is 10.3 Å². The normalized spacial score (nSPS) is 9.18. The van der Waals surface area contributed by atoms with Crippen LogP contribution in [0.5, 0.6) is 0 Å². The van der Waals surface area contributed by atoms with Crippen molar-refractivity contribution in [1.29, 1.82) is 5.41 Å². The van der Waals surface area contributed by atoms with Gasteiger partial charge in [0.05, 0.1) is 0 Å². The van der Waals surface area contributed by atoms with Crippen molar-refractivity contribution in [3.8, 4) is 0 Å². The Morgan fingerprint density at radius 1 is 1.55 bits per heavy atom. The maximum Gasteiger partial charge on any atom is 0.321 e. The Kier molecular flexibility index (Phi) is 4.02. The van der Waals surface area contributed by atoms with Crippen LogP contribution in [0.15, 0.2) is 0 Å². The van der Waals surface area contributed by atoms with E-state index in [1.165, 1.54) is 0 Å². The van der Waals surface area contributed by atoms with Gasteiger partial charge < -0.3 is 11.5 Å². The van der Waals surface area contributed by atoms with Crippen LogP contribution in [0.25, 0.3) is 0 Å². The highest BCUT2D eigenvalue weighted by Crippen LogP contribution is 1.92. The summed E-state index contributed by atoms with van der Waals surface area (Å²) in [4.78, 5) is 11.6. The molecule has 5 heteroatoms. The summed E-state index contributed by atoms with van der Waals surface area (Å²) in [6, 6.07) is -0.661. The first-order valence-electron chi connectivity index (χ1n) is 3.50. The first kappa shape index (κ1) is 9.74. The Morgan fingerprint density at radius 3 is 2.36 bits per heavy atom. The average Bonchev–Trinajstić information content (AvgIpc) is 1.87. The Labute approximate surface area is 65.9 Å². The zero-order chi connectivity index (χ0) is 8.85. The fourth-order valence-corrected chi connectivity index (χ4v) is 0.666. The molecule has 0 aromatic carbocycles. The number of carbonyl (C=O) groups is 1. The van der Waals surface area contributed by atoms with E-state index in [2.05, 4.69) is 0 Å². The lowest BCUT2D eigenvalue weighted by Gasteiger charge is -2.16. The summed E-state index contributed by atoms with van der Waals surface area (Å²) in [6.45, 7) is 2.42. The maximum atomic E-state index is 10.6. The minimum absolute atomic E-state index is 0.286. The molecule has 0 aliphatic carbocycles. The standard InChI is InChI=1S/C6H14N4O/c1-2-3-4-10(5(7)8)6(9)11/h2-4H2,1H3,(H3,7,8)(H2,9,11). The number of urea groups is 1. The van der Waals surface area contributed by atoms with E-state index in [-0.39, 0.29) is 5.96 Å². The molecule has 2 amide bonds. The van der Waals surface area contributed by atoms with Gasteiger partial charge in [0.2, 0.25) is 0 Å². The van der Waals surface area contributed by atoms with Gasteiger partial charge in [-0.05, 0) is 6.42 Å². The molecule has 0 aromatic heterocycles. The topological polar surface area (TPSA) is 96.2 Å². The summed E-state index contributed by atoms with van der Waals surface area (Å²) >= 11 is 0. The number of nitrogens with one attached hydrogen (secondary N) is 1. The third-order valence-corrected chi connectivity index (χ3v) is 1.29. The lowest BCUT2D eigenvalue weighted by atomic mass is 10.3. The highest BCUT2D eigenvalue weighted by molar-refractivity contribution is 5.92. The minimum atomic E-state index is -0.661. The first-order chi connectivity index (χ1) is 5.09. The molecular formula is C6H14N4O. The molecule has 0 heterocycles. The van der Waals surface area contributed by atoms with E-state index in [4.69, 9.17) is 16.9 Å². The molecule has 0 bridgehead atoms. The maximum absolute atomic E-state index is 10.6. The summed E-state index contributed by atoms with van der Waals surface area (Å²) in [5.74, 6) is -0.286. The average molecular weight is 158 g/mol. The van der Waals surface area contributed by atoms with Crippen molar-refractivity contribution in [1.82, 2.24) is 4.90 Å². The number of unbranched alkanes of at least 4 members (excludes halogenated alkanes) is 1. The van der Waals surface area contributed by atoms with Gasteiger partial charge in [0.25, 0.3) is 0 Å². The summed E-state index contributed by atoms with van der Waals surface area (Å²) in [5, 5.41) is 6.96. The van der Waals surface area contributed by atoms with Gasteiger partial charge >= 0.3 is 6.03 Å². The van der Waals surface area contributed by atoms with Gasteiger partial charge in [0, 0.05) is 6.54 Å². The second-order valence-corrected chi connectivity index (χ2v) is 2.23. The summed E-state index contributed by atoms with van der Waals surface area (Å²) in [7, 11) is 0. The number of hydrogen-bond donors (Lipinski definition) is 3. The van der Waals surface area contributed by atoms with Crippen LogP contribution in [0.3, 0.4) is 0 Å². The predicted octanol–water partition coefficient (Wildman–Crippen LogP) is 0.0607. The van der Waals surface area contributed by atoms with Gasteiger partial charge in [-0.25, -0.2) is 4.79 Å². The monoisotopic (exact) mass is 158 g/mol. The van der Waals surface area contributed by atoms with Crippen molar-refractivity contribution in [2.75, 3.05) is 6.54 Å². The van der Waals surface area contributed by atoms with E-state index in [9.17, 15) is 4.79 Å². The third-order valence-electron chi connectivity index (χ3n) is 1.29. The van der Waals surface area contributed by atoms with Crippen molar-refractivity contribution < 1.29 is 4.79 Å². The van der Waals surface area contributed by atoms with Crippen molar-refractivity contribution in [3.63, 3.8) is 0 Å². The summed E-state index contributed by atoms with van der Waals surface area (Å²) in [6.07, 6.45) is 1.75. The number of nitrogens with two attached hydrogens (primary N) is 2. The molecule has 11 heavy (non-hydrogen) atoms. The molecule has 0 radical (unpaired) electrons. The Hall–Kier alpha value is -1.26. The molecule has 0 aliphatic heterocycles. The lowest BCUT2D eigenvalue weighted by Crippen LogP contribution is -2.44. The lowest BCUT2D eigenvalue weighted by molar-refractivity contribution is 0.229. The number of carbonyl (C=O) groups excluding carboxylic acids is 1. The van der Waals surface area contributed by atoms with Gasteiger partial charge in [-0.2, -0.15) is 0 Å². The fraction of sp³-hybridized carbons (Fsp3) is 0.667. The quantitative estimate of drug-likeness (QED) is 0.400. The second-order valence-electron chi connectivity index (χ2n) is 2.23. The molecule has 64 valence electrons. The van der Waals surface area contributed by atoms with E-state index in [0.717, 1.165) is 17.7 Å². The van der Waals surface area contributed by atoms with Crippen molar-refractivity contribution >= 4 is 12.0 Å². The van der Waals surface area contributed by atoms with E-state index >= 15 is 0 Å². The zero-order valence-corrected chi connectivity index (χ0v) is 6.63. The molecule has 5 nitrogen and oxygen atoms in total. The highest BCUT2D eigenvalue weighted by atomic mass is 16.2. The molecule has 0 aliphatic rings. The molecule has 0 unspecified atom stereocenters. The number of hydrogen-bond acceptors (Lipinski definition) is 2. The Bertz CT molecular complexity index is 143. The summed E-state index contributed by atoms with van der Waals surface area (Å²) < 4.78 is 0. The van der Waals surface area contributed by atoms with Crippen molar-refractivity contribution in [2.45, 2.75) is 19.8 Å². The highest BCUT2D eigenvalue weighted by Gasteiger charge is 2.10. The number of guanidine groups is 1. The molecular weight excluding hydrogens is 144 g/mol. The van der Waals surface area contributed by atoms with Gasteiger partial charge in [-0.1, -0.05) is 13.3 Å².